The second-order valence-electron chi connectivity index (χ2n) is 4.24. The standard InChI is InChI=1S/C13H17NO/c1-4-13(5-2)10-8-6-7-9(3)11(10)14-12(13)15/h6-8H,4-5H2,1-3H3,(H,14,15). The van der Waals surface area contributed by atoms with E-state index in [2.05, 4.69) is 25.2 Å². The summed E-state index contributed by atoms with van der Waals surface area (Å²) in [4.78, 5) is 12.1. The van der Waals surface area contributed by atoms with Gasteiger partial charge in [-0.25, -0.2) is 0 Å². The number of hydrogen-bond donors (Lipinski definition) is 1. The largest absolute Gasteiger partial charge is 0.325 e. The van der Waals surface area contributed by atoms with Gasteiger partial charge in [-0.05, 0) is 30.9 Å². The van der Waals surface area contributed by atoms with Gasteiger partial charge in [0.15, 0.2) is 0 Å². The molecule has 0 aromatic heterocycles. The molecule has 1 aliphatic rings. The molecule has 0 saturated carbocycles. The van der Waals surface area contributed by atoms with Crippen molar-refractivity contribution in [2.75, 3.05) is 5.32 Å². The molecule has 1 aliphatic heterocycles. The maximum Gasteiger partial charge on any atom is 0.235 e. The summed E-state index contributed by atoms with van der Waals surface area (Å²) >= 11 is 0. The zero-order valence-electron chi connectivity index (χ0n) is 9.55. The van der Waals surface area contributed by atoms with Crippen LogP contribution in [0.1, 0.15) is 37.8 Å². The molecule has 0 fully saturated rings. The summed E-state index contributed by atoms with van der Waals surface area (Å²) in [6.45, 7) is 6.21. The Morgan fingerprint density at radius 2 is 1.93 bits per heavy atom. The molecule has 0 radical (unpaired) electrons. The van der Waals surface area contributed by atoms with Crippen LogP contribution in [-0.2, 0) is 10.2 Å². The van der Waals surface area contributed by atoms with Gasteiger partial charge in [0.05, 0.1) is 5.41 Å². The van der Waals surface area contributed by atoms with E-state index in [1.165, 1.54) is 5.56 Å². The molecule has 1 aromatic carbocycles. The topological polar surface area (TPSA) is 29.1 Å². The SMILES string of the molecule is CCC1(CC)C(=O)Nc2c(C)cccc21. The Labute approximate surface area is 90.7 Å². The number of fused-ring (bicyclic) bond motifs is 1. The third kappa shape index (κ3) is 1.21. The van der Waals surface area contributed by atoms with E-state index in [4.69, 9.17) is 0 Å². The van der Waals surface area contributed by atoms with Crippen LogP contribution in [0.15, 0.2) is 18.2 Å². The van der Waals surface area contributed by atoms with E-state index in [1.807, 2.05) is 19.1 Å². The number of hydrogen-bond acceptors (Lipinski definition) is 1. The van der Waals surface area contributed by atoms with E-state index < -0.39 is 0 Å². The molecule has 2 heteroatoms. The zero-order chi connectivity index (χ0) is 11.1. The normalized spacial score (nSPS) is 17.4. The van der Waals surface area contributed by atoms with Crippen LogP contribution in [0.25, 0.3) is 0 Å². The minimum absolute atomic E-state index is 0.164. The Morgan fingerprint density at radius 3 is 2.53 bits per heavy atom. The first-order valence-electron chi connectivity index (χ1n) is 5.57. The minimum Gasteiger partial charge on any atom is -0.325 e. The maximum absolute atomic E-state index is 12.1. The molecule has 1 N–H and O–H groups in total. The lowest BCUT2D eigenvalue weighted by Gasteiger charge is -2.23. The minimum atomic E-state index is -0.290. The van der Waals surface area contributed by atoms with Gasteiger partial charge in [0, 0.05) is 5.69 Å². The van der Waals surface area contributed by atoms with Crippen LogP contribution < -0.4 is 5.32 Å². The van der Waals surface area contributed by atoms with E-state index in [-0.39, 0.29) is 11.3 Å². The molecule has 0 saturated heterocycles. The lowest BCUT2D eigenvalue weighted by molar-refractivity contribution is -0.121. The number of carbonyl (C=O) groups is 1. The average molecular weight is 203 g/mol. The molecule has 2 nitrogen and oxygen atoms in total. The van der Waals surface area contributed by atoms with E-state index in [0.717, 1.165) is 24.1 Å². The highest BCUT2D eigenvalue weighted by Gasteiger charge is 2.43. The van der Waals surface area contributed by atoms with E-state index in [9.17, 15) is 4.79 Å². The van der Waals surface area contributed by atoms with Crippen molar-refractivity contribution < 1.29 is 4.79 Å². The van der Waals surface area contributed by atoms with Crippen LogP contribution in [0, 0.1) is 6.92 Å². The fourth-order valence-electron chi connectivity index (χ4n) is 2.54. The number of rotatable bonds is 2. The summed E-state index contributed by atoms with van der Waals surface area (Å²) in [5, 5.41) is 3.02. The van der Waals surface area contributed by atoms with Gasteiger partial charge in [-0.2, -0.15) is 0 Å². The third-order valence-corrected chi connectivity index (χ3v) is 3.67. The van der Waals surface area contributed by atoms with Crippen molar-refractivity contribution in [3.05, 3.63) is 29.3 Å². The van der Waals surface area contributed by atoms with Crippen LogP contribution in [0.2, 0.25) is 0 Å². The van der Waals surface area contributed by atoms with Crippen LogP contribution in [0.3, 0.4) is 0 Å². The van der Waals surface area contributed by atoms with Crippen molar-refractivity contribution in [3.63, 3.8) is 0 Å². The van der Waals surface area contributed by atoms with Crippen molar-refractivity contribution >= 4 is 11.6 Å². The molecule has 2 rings (SSSR count). The first-order valence-corrected chi connectivity index (χ1v) is 5.57. The Bertz CT molecular complexity index is 405. The molecule has 15 heavy (non-hydrogen) atoms. The number of carbonyl (C=O) groups excluding carboxylic acids is 1. The van der Waals surface area contributed by atoms with Crippen LogP contribution in [0.4, 0.5) is 5.69 Å². The Balaban J connectivity index is 2.64. The highest BCUT2D eigenvalue weighted by molar-refractivity contribution is 6.06. The molecule has 0 aliphatic carbocycles. The smallest absolute Gasteiger partial charge is 0.235 e. The molecule has 1 heterocycles. The van der Waals surface area contributed by atoms with E-state index in [1.54, 1.807) is 0 Å². The molecular weight excluding hydrogens is 186 g/mol. The molecule has 1 amide bonds. The fourth-order valence-corrected chi connectivity index (χ4v) is 2.54. The summed E-state index contributed by atoms with van der Waals surface area (Å²) in [7, 11) is 0. The van der Waals surface area contributed by atoms with Crippen molar-refractivity contribution in [2.24, 2.45) is 0 Å². The van der Waals surface area contributed by atoms with Crippen molar-refractivity contribution in [3.8, 4) is 0 Å². The van der Waals surface area contributed by atoms with Crippen molar-refractivity contribution in [2.45, 2.75) is 39.0 Å². The Hall–Kier alpha value is -1.31. The highest BCUT2D eigenvalue weighted by Crippen LogP contribution is 2.43. The third-order valence-electron chi connectivity index (χ3n) is 3.67. The van der Waals surface area contributed by atoms with E-state index >= 15 is 0 Å². The summed E-state index contributed by atoms with van der Waals surface area (Å²) in [6, 6.07) is 6.16. The van der Waals surface area contributed by atoms with Crippen molar-refractivity contribution in [1.29, 1.82) is 0 Å². The molecule has 0 atom stereocenters. The van der Waals surface area contributed by atoms with Gasteiger partial charge >= 0.3 is 0 Å². The van der Waals surface area contributed by atoms with Crippen molar-refractivity contribution in [1.82, 2.24) is 0 Å². The lowest BCUT2D eigenvalue weighted by atomic mass is 9.77. The van der Waals surface area contributed by atoms with Gasteiger partial charge in [-0.3, -0.25) is 4.79 Å². The summed E-state index contributed by atoms with van der Waals surface area (Å²) in [5.41, 5.74) is 3.08. The maximum atomic E-state index is 12.1. The lowest BCUT2D eigenvalue weighted by Crippen LogP contribution is -2.32. The van der Waals surface area contributed by atoms with Crippen LogP contribution in [0.5, 0.6) is 0 Å². The monoisotopic (exact) mass is 203 g/mol. The second kappa shape index (κ2) is 3.37. The predicted molar refractivity (Wildman–Crippen MR) is 62.1 cm³/mol. The van der Waals surface area contributed by atoms with Gasteiger partial charge in [-0.15, -0.1) is 0 Å². The molecule has 80 valence electrons. The number of para-hydroxylation sites is 1. The first kappa shape index (κ1) is 10.2. The number of anilines is 1. The van der Waals surface area contributed by atoms with Gasteiger partial charge in [0.2, 0.25) is 5.91 Å². The van der Waals surface area contributed by atoms with Gasteiger partial charge in [-0.1, -0.05) is 32.0 Å². The molecule has 0 spiro atoms. The molecule has 1 aromatic rings. The number of aryl methyl sites for hydroxylation is 1. The zero-order valence-corrected chi connectivity index (χ0v) is 9.55. The highest BCUT2D eigenvalue weighted by atomic mass is 16.2. The molecular formula is C13H17NO. The number of amides is 1. The summed E-state index contributed by atoms with van der Waals surface area (Å²) in [5.74, 6) is 0.164. The Morgan fingerprint density at radius 1 is 1.27 bits per heavy atom. The molecule has 0 bridgehead atoms. The summed E-state index contributed by atoms with van der Waals surface area (Å²) in [6.07, 6.45) is 1.73. The van der Waals surface area contributed by atoms with Gasteiger partial charge in [0.25, 0.3) is 0 Å². The van der Waals surface area contributed by atoms with Crippen LogP contribution in [-0.4, -0.2) is 5.91 Å². The quantitative estimate of drug-likeness (QED) is 0.786. The number of nitrogens with one attached hydrogen (secondary N) is 1. The van der Waals surface area contributed by atoms with Crippen LogP contribution >= 0.6 is 0 Å². The molecule has 0 unspecified atom stereocenters. The first-order chi connectivity index (χ1) is 7.15. The van der Waals surface area contributed by atoms with Gasteiger partial charge < -0.3 is 5.32 Å². The Kier molecular flexibility index (Phi) is 2.29. The average Bonchev–Trinajstić information content (AvgIpc) is 2.53. The number of benzene rings is 1. The summed E-state index contributed by atoms with van der Waals surface area (Å²) < 4.78 is 0. The van der Waals surface area contributed by atoms with E-state index in [0.29, 0.717) is 0 Å². The fraction of sp³-hybridized carbons (Fsp3) is 0.462. The second-order valence-corrected chi connectivity index (χ2v) is 4.24. The van der Waals surface area contributed by atoms with Gasteiger partial charge in [0.1, 0.15) is 0 Å². The predicted octanol–water partition coefficient (Wildman–Crippen LogP) is 3.00.